The predicted octanol–water partition coefficient (Wildman–Crippen LogP) is 2.33. The molecule has 0 radical (unpaired) electrons. The SMILES string of the molecule is COC(=O)CC1(CSCc2cc(=O)n3ccsc3n2)CC1. The van der Waals surface area contributed by atoms with Crippen LogP contribution in [-0.4, -0.2) is 28.2 Å². The van der Waals surface area contributed by atoms with Gasteiger partial charge in [0.1, 0.15) is 0 Å². The maximum absolute atomic E-state index is 11.9. The van der Waals surface area contributed by atoms with Gasteiger partial charge >= 0.3 is 5.97 Å². The average Bonchev–Trinajstić information content (AvgIpc) is 3.03. The molecule has 0 N–H and O–H groups in total. The van der Waals surface area contributed by atoms with Crippen molar-refractivity contribution in [3.8, 4) is 0 Å². The molecule has 21 heavy (non-hydrogen) atoms. The highest BCUT2D eigenvalue weighted by Crippen LogP contribution is 2.51. The van der Waals surface area contributed by atoms with Gasteiger partial charge in [-0.15, -0.1) is 11.3 Å². The van der Waals surface area contributed by atoms with Crippen LogP contribution in [0, 0.1) is 5.41 Å². The van der Waals surface area contributed by atoms with Gasteiger partial charge in [0.25, 0.3) is 5.56 Å². The summed E-state index contributed by atoms with van der Waals surface area (Å²) in [6.45, 7) is 0. The predicted molar refractivity (Wildman–Crippen MR) is 83.8 cm³/mol. The van der Waals surface area contributed by atoms with Gasteiger partial charge in [-0.25, -0.2) is 4.98 Å². The highest BCUT2D eigenvalue weighted by atomic mass is 32.2. The summed E-state index contributed by atoms with van der Waals surface area (Å²) >= 11 is 3.19. The third kappa shape index (κ3) is 3.29. The number of carbonyl (C=O) groups excluding carboxylic acids is 1. The quantitative estimate of drug-likeness (QED) is 0.763. The molecule has 0 unspecified atom stereocenters. The first kappa shape index (κ1) is 14.6. The molecular weight excluding hydrogens is 308 g/mol. The van der Waals surface area contributed by atoms with E-state index in [0.29, 0.717) is 12.2 Å². The van der Waals surface area contributed by atoms with Crippen molar-refractivity contribution >= 4 is 34.0 Å². The normalized spacial score (nSPS) is 16.0. The summed E-state index contributed by atoms with van der Waals surface area (Å²) in [5.74, 6) is 1.48. The van der Waals surface area contributed by atoms with E-state index in [1.807, 2.05) is 5.38 Å². The highest BCUT2D eigenvalue weighted by Gasteiger charge is 2.44. The van der Waals surface area contributed by atoms with Crippen molar-refractivity contribution in [1.29, 1.82) is 0 Å². The smallest absolute Gasteiger partial charge is 0.306 e. The number of ether oxygens (including phenoxy) is 1. The zero-order valence-corrected chi connectivity index (χ0v) is 13.3. The van der Waals surface area contributed by atoms with Crippen LogP contribution >= 0.6 is 23.1 Å². The molecule has 2 aromatic rings. The van der Waals surface area contributed by atoms with E-state index < -0.39 is 0 Å². The van der Waals surface area contributed by atoms with E-state index in [2.05, 4.69) is 4.98 Å². The number of hydrogen-bond donors (Lipinski definition) is 0. The summed E-state index contributed by atoms with van der Waals surface area (Å²) in [5, 5.41) is 1.86. The zero-order chi connectivity index (χ0) is 14.9. The molecule has 0 amide bonds. The summed E-state index contributed by atoms with van der Waals surface area (Å²) < 4.78 is 6.30. The molecule has 0 aromatic carbocycles. The molecule has 2 heterocycles. The highest BCUT2D eigenvalue weighted by molar-refractivity contribution is 7.98. The summed E-state index contributed by atoms with van der Waals surface area (Å²) in [5.41, 5.74) is 0.883. The van der Waals surface area contributed by atoms with Crippen LogP contribution in [0.1, 0.15) is 25.0 Å². The number of carbonyl (C=O) groups is 1. The largest absolute Gasteiger partial charge is 0.469 e. The van der Waals surface area contributed by atoms with E-state index in [0.717, 1.165) is 29.2 Å². The van der Waals surface area contributed by atoms with Gasteiger partial charge in [-0.2, -0.15) is 11.8 Å². The van der Waals surface area contributed by atoms with E-state index in [9.17, 15) is 9.59 Å². The van der Waals surface area contributed by atoms with Crippen molar-refractivity contribution < 1.29 is 9.53 Å². The van der Waals surface area contributed by atoms with Crippen LogP contribution in [0.2, 0.25) is 0 Å². The fourth-order valence-electron chi connectivity index (χ4n) is 2.26. The Morgan fingerprint density at radius 2 is 2.38 bits per heavy atom. The van der Waals surface area contributed by atoms with Crippen LogP contribution < -0.4 is 5.56 Å². The Kier molecular flexibility index (Phi) is 4.03. The van der Waals surface area contributed by atoms with Gasteiger partial charge < -0.3 is 4.74 Å². The van der Waals surface area contributed by atoms with Gasteiger partial charge in [0.2, 0.25) is 0 Å². The van der Waals surface area contributed by atoms with E-state index in [4.69, 9.17) is 4.74 Å². The molecule has 0 atom stereocenters. The van der Waals surface area contributed by atoms with Crippen LogP contribution in [0.25, 0.3) is 4.96 Å². The second kappa shape index (κ2) is 5.81. The van der Waals surface area contributed by atoms with Crippen molar-refractivity contribution in [1.82, 2.24) is 9.38 Å². The Hall–Kier alpha value is -1.34. The first-order valence-electron chi connectivity index (χ1n) is 6.72. The monoisotopic (exact) mass is 324 g/mol. The minimum Gasteiger partial charge on any atom is -0.469 e. The van der Waals surface area contributed by atoms with Crippen molar-refractivity contribution in [2.45, 2.75) is 25.0 Å². The molecular formula is C14H16N2O3S2. The summed E-state index contributed by atoms with van der Waals surface area (Å²) in [6.07, 6.45) is 4.39. The second-order valence-electron chi connectivity index (χ2n) is 5.39. The standard InChI is InChI=1S/C14H16N2O3S2/c1-19-12(18)7-14(2-3-14)9-20-8-10-6-11(17)16-4-5-21-13(16)15-10/h4-6H,2-3,7-9H2,1H3. The topological polar surface area (TPSA) is 60.7 Å². The van der Waals surface area contributed by atoms with Gasteiger partial charge in [0, 0.05) is 23.4 Å². The van der Waals surface area contributed by atoms with Gasteiger partial charge in [-0.1, -0.05) is 0 Å². The summed E-state index contributed by atoms with van der Waals surface area (Å²) in [7, 11) is 1.43. The molecule has 1 aliphatic rings. The average molecular weight is 324 g/mol. The number of aromatic nitrogens is 2. The first-order chi connectivity index (χ1) is 10.1. The molecule has 3 rings (SSSR count). The van der Waals surface area contributed by atoms with Gasteiger partial charge in [-0.05, 0) is 24.0 Å². The Bertz CT molecular complexity index is 718. The van der Waals surface area contributed by atoms with Crippen LogP contribution in [0.3, 0.4) is 0 Å². The Morgan fingerprint density at radius 1 is 1.57 bits per heavy atom. The lowest BCUT2D eigenvalue weighted by Gasteiger charge is -2.12. The van der Waals surface area contributed by atoms with Gasteiger partial charge in [-0.3, -0.25) is 14.0 Å². The van der Waals surface area contributed by atoms with Crippen molar-refractivity contribution in [2.75, 3.05) is 12.9 Å². The van der Waals surface area contributed by atoms with E-state index in [1.165, 1.54) is 18.4 Å². The summed E-state index contributed by atoms with van der Waals surface area (Å²) in [6, 6.07) is 1.59. The molecule has 2 aromatic heterocycles. The fraction of sp³-hybridized carbons (Fsp3) is 0.500. The van der Waals surface area contributed by atoms with Crippen LogP contribution in [-0.2, 0) is 15.3 Å². The van der Waals surface area contributed by atoms with E-state index in [1.54, 1.807) is 28.4 Å². The van der Waals surface area contributed by atoms with E-state index in [-0.39, 0.29) is 16.9 Å². The Morgan fingerprint density at radius 3 is 3.10 bits per heavy atom. The molecule has 0 aliphatic heterocycles. The number of rotatable bonds is 6. The maximum Gasteiger partial charge on any atom is 0.306 e. The minimum absolute atomic E-state index is 0.0347. The Labute approximate surface area is 130 Å². The van der Waals surface area contributed by atoms with Crippen molar-refractivity contribution in [3.05, 3.63) is 33.7 Å². The molecule has 0 bridgehead atoms. The molecule has 0 saturated heterocycles. The second-order valence-corrected chi connectivity index (χ2v) is 7.25. The maximum atomic E-state index is 11.9. The number of thioether (sulfide) groups is 1. The minimum atomic E-state index is -0.135. The number of fused-ring (bicyclic) bond motifs is 1. The number of esters is 1. The molecule has 1 saturated carbocycles. The molecule has 0 spiro atoms. The number of methoxy groups -OCH3 is 1. The van der Waals surface area contributed by atoms with Crippen LogP contribution in [0.4, 0.5) is 0 Å². The third-order valence-electron chi connectivity index (χ3n) is 3.72. The summed E-state index contributed by atoms with van der Waals surface area (Å²) in [4.78, 5) is 28.5. The lowest BCUT2D eigenvalue weighted by Crippen LogP contribution is -2.14. The number of thiazole rings is 1. The fourth-order valence-corrected chi connectivity index (χ4v) is 4.28. The molecule has 112 valence electrons. The molecule has 5 nitrogen and oxygen atoms in total. The van der Waals surface area contributed by atoms with Gasteiger partial charge in [0.05, 0.1) is 19.2 Å². The number of hydrogen-bond acceptors (Lipinski definition) is 6. The van der Waals surface area contributed by atoms with Gasteiger partial charge in [0.15, 0.2) is 4.96 Å². The lowest BCUT2D eigenvalue weighted by molar-refractivity contribution is -0.141. The third-order valence-corrected chi connectivity index (χ3v) is 5.79. The van der Waals surface area contributed by atoms with Crippen LogP contribution in [0.15, 0.2) is 22.4 Å². The zero-order valence-electron chi connectivity index (χ0n) is 11.7. The molecule has 1 fully saturated rings. The lowest BCUT2D eigenvalue weighted by atomic mass is 10.1. The Balaban J connectivity index is 1.59. The first-order valence-corrected chi connectivity index (χ1v) is 8.76. The molecule has 7 heteroatoms. The van der Waals surface area contributed by atoms with Crippen LogP contribution in [0.5, 0.6) is 0 Å². The van der Waals surface area contributed by atoms with Crippen molar-refractivity contribution in [2.24, 2.45) is 5.41 Å². The number of nitrogens with zero attached hydrogens (tertiary/aromatic N) is 2. The van der Waals surface area contributed by atoms with E-state index >= 15 is 0 Å². The van der Waals surface area contributed by atoms with Crippen molar-refractivity contribution in [3.63, 3.8) is 0 Å². The molecule has 1 aliphatic carbocycles.